The zero-order valence-corrected chi connectivity index (χ0v) is 13.1. The lowest BCUT2D eigenvalue weighted by atomic mass is 10.5. The van der Waals surface area contributed by atoms with Crippen molar-refractivity contribution in [1.82, 2.24) is 4.98 Å². The van der Waals surface area contributed by atoms with Crippen LogP contribution < -0.4 is 4.98 Å². The van der Waals surface area contributed by atoms with Crippen molar-refractivity contribution in [3.05, 3.63) is 0 Å². The number of hydrogen-bond acceptors (Lipinski definition) is 3. The molecule has 15 heavy (non-hydrogen) atoms. The molecule has 92 valence electrons. The summed E-state index contributed by atoms with van der Waals surface area (Å²) >= 11 is 0. The van der Waals surface area contributed by atoms with E-state index < -0.39 is 16.8 Å². The lowest BCUT2D eigenvalue weighted by Gasteiger charge is -2.27. The Labute approximate surface area is 96.9 Å². The Morgan fingerprint density at radius 1 is 1.13 bits per heavy atom. The highest BCUT2D eigenvalue weighted by molar-refractivity contribution is 6.73. The molecule has 1 unspecified atom stereocenters. The Balaban J connectivity index is 3.87. The fourth-order valence-electron chi connectivity index (χ4n) is 1.22. The standard InChI is InChI=1S/C10H27NO2Si2/c1-7-9-13-15(6,12-2)10-8-11-14(3,4)5/h11H,7-10H2,1-6H3. The van der Waals surface area contributed by atoms with Gasteiger partial charge in [0.25, 0.3) is 0 Å². The Bertz CT molecular complexity index is 173. The third-order valence-corrected chi connectivity index (χ3v) is 6.43. The van der Waals surface area contributed by atoms with Crippen molar-refractivity contribution in [2.24, 2.45) is 0 Å². The van der Waals surface area contributed by atoms with E-state index in [1.54, 1.807) is 7.11 Å². The second kappa shape index (κ2) is 6.80. The molecule has 0 amide bonds. The van der Waals surface area contributed by atoms with Gasteiger partial charge in [-0.05, 0) is 19.5 Å². The molecular weight excluding hydrogens is 222 g/mol. The Morgan fingerprint density at radius 2 is 1.73 bits per heavy atom. The quantitative estimate of drug-likeness (QED) is 0.671. The lowest BCUT2D eigenvalue weighted by Crippen LogP contribution is -2.46. The van der Waals surface area contributed by atoms with Gasteiger partial charge in [0, 0.05) is 19.8 Å². The highest BCUT2D eigenvalue weighted by Gasteiger charge is 2.29. The number of nitrogens with one attached hydrogen (secondary N) is 1. The van der Waals surface area contributed by atoms with Gasteiger partial charge in [-0.2, -0.15) is 0 Å². The van der Waals surface area contributed by atoms with Crippen molar-refractivity contribution in [1.29, 1.82) is 0 Å². The Kier molecular flexibility index (Phi) is 6.94. The van der Waals surface area contributed by atoms with Crippen molar-refractivity contribution in [2.45, 2.75) is 45.6 Å². The summed E-state index contributed by atoms with van der Waals surface area (Å²) in [7, 11) is -1.25. The summed E-state index contributed by atoms with van der Waals surface area (Å²) in [4.78, 5) is 3.60. The zero-order chi connectivity index (χ0) is 11.9. The van der Waals surface area contributed by atoms with Gasteiger partial charge in [-0.15, -0.1) is 0 Å². The van der Waals surface area contributed by atoms with Crippen LogP contribution in [-0.4, -0.2) is 37.1 Å². The molecule has 1 atom stereocenters. The maximum Gasteiger partial charge on any atom is 0.335 e. The first-order valence-electron chi connectivity index (χ1n) is 5.77. The van der Waals surface area contributed by atoms with E-state index >= 15 is 0 Å². The van der Waals surface area contributed by atoms with Crippen LogP contribution >= 0.6 is 0 Å². The first-order chi connectivity index (χ1) is 6.83. The second-order valence-corrected chi connectivity index (χ2v) is 13.4. The summed E-state index contributed by atoms with van der Waals surface area (Å²) in [5.74, 6) is 0. The zero-order valence-electron chi connectivity index (χ0n) is 11.1. The number of hydrogen-bond donors (Lipinski definition) is 1. The molecule has 0 aliphatic carbocycles. The molecule has 0 aromatic heterocycles. The van der Waals surface area contributed by atoms with Gasteiger partial charge in [-0.1, -0.05) is 26.6 Å². The van der Waals surface area contributed by atoms with Crippen LogP contribution in [0.2, 0.25) is 32.2 Å². The Morgan fingerprint density at radius 3 is 2.13 bits per heavy atom. The second-order valence-electron chi connectivity index (χ2n) is 5.11. The summed E-state index contributed by atoms with van der Waals surface area (Å²) in [6.07, 6.45) is 1.06. The van der Waals surface area contributed by atoms with Gasteiger partial charge < -0.3 is 13.8 Å². The van der Waals surface area contributed by atoms with Crippen LogP contribution in [0.15, 0.2) is 0 Å². The average molecular weight is 250 g/mol. The molecule has 1 N–H and O–H groups in total. The van der Waals surface area contributed by atoms with Gasteiger partial charge in [0.1, 0.15) is 8.24 Å². The molecule has 0 aliphatic rings. The van der Waals surface area contributed by atoms with E-state index in [9.17, 15) is 0 Å². The van der Waals surface area contributed by atoms with E-state index in [1.807, 2.05) is 0 Å². The van der Waals surface area contributed by atoms with E-state index in [2.05, 4.69) is 38.1 Å². The minimum Gasteiger partial charge on any atom is -0.398 e. The molecule has 0 heterocycles. The largest absolute Gasteiger partial charge is 0.398 e. The third kappa shape index (κ3) is 8.16. The van der Waals surface area contributed by atoms with Crippen molar-refractivity contribution in [3.63, 3.8) is 0 Å². The van der Waals surface area contributed by atoms with E-state index in [-0.39, 0.29) is 0 Å². The molecule has 0 spiro atoms. The summed E-state index contributed by atoms with van der Waals surface area (Å²) in [6.45, 7) is 13.1. The molecule has 0 aromatic carbocycles. The molecule has 0 bridgehead atoms. The highest BCUT2D eigenvalue weighted by atomic mass is 28.4. The van der Waals surface area contributed by atoms with Crippen molar-refractivity contribution in [2.75, 3.05) is 20.3 Å². The molecule has 0 aromatic rings. The van der Waals surface area contributed by atoms with Crippen molar-refractivity contribution < 1.29 is 8.85 Å². The summed E-state index contributed by atoms with van der Waals surface area (Å²) in [5, 5.41) is 0. The maximum absolute atomic E-state index is 5.83. The summed E-state index contributed by atoms with van der Waals surface area (Å²) in [5.41, 5.74) is 0. The molecular formula is C10H27NO2Si2. The molecule has 0 saturated heterocycles. The van der Waals surface area contributed by atoms with Gasteiger partial charge in [0.15, 0.2) is 0 Å². The fourth-order valence-corrected chi connectivity index (χ4v) is 4.02. The SMILES string of the molecule is CCCO[Si](C)(CCN[Si](C)(C)C)OC. The van der Waals surface area contributed by atoms with E-state index in [0.29, 0.717) is 0 Å². The van der Waals surface area contributed by atoms with Crippen LogP contribution in [-0.2, 0) is 8.85 Å². The van der Waals surface area contributed by atoms with Crippen LogP contribution in [0.25, 0.3) is 0 Å². The van der Waals surface area contributed by atoms with Crippen LogP contribution in [0.3, 0.4) is 0 Å². The van der Waals surface area contributed by atoms with Crippen molar-refractivity contribution in [3.8, 4) is 0 Å². The molecule has 0 saturated carbocycles. The first-order valence-corrected chi connectivity index (χ1v) is 11.8. The third-order valence-electron chi connectivity index (χ3n) is 2.28. The monoisotopic (exact) mass is 249 g/mol. The molecule has 0 radical (unpaired) electrons. The number of rotatable bonds is 8. The van der Waals surface area contributed by atoms with E-state index in [0.717, 1.165) is 25.6 Å². The average Bonchev–Trinajstić information content (AvgIpc) is 2.13. The maximum atomic E-state index is 5.83. The van der Waals surface area contributed by atoms with Gasteiger partial charge in [0.05, 0.1) is 0 Å². The lowest BCUT2D eigenvalue weighted by molar-refractivity contribution is 0.205. The first kappa shape index (κ1) is 15.3. The van der Waals surface area contributed by atoms with Gasteiger partial charge >= 0.3 is 8.56 Å². The molecule has 3 nitrogen and oxygen atoms in total. The van der Waals surface area contributed by atoms with Crippen LogP contribution in [0, 0.1) is 0 Å². The normalized spacial score (nSPS) is 16.4. The summed E-state index contributed by atoms with van der Waals surface area (Å²) < 4.78 is 11.4. The van der Waals surface area contributed by atoms with Gasteiger partial charge in [-0.3, -0.25) is 0 Å². The topological polar surface area (TPSA) is 30.5 Å². The molecule has 0 rings (SSSR count). The predicted octanol–water partition coefficient (Wildman–Crippen LogP) is 2.56. The van der Waals surface area contributed by atoms with E-state index in [4.69, 9.17) is 8.85 Å². The van der Waals surface area contributed by atoms with Crippen LogP contribution in [0.5, 0.6) is 0 Å². The van der Waals surface area contributed by atoms with E-state index in [1.165, 1.54) is 0 Å². The molecule has 0 aliphatic heterocycles. The summed E-state index contributed by atoms with van der Waals surface area (Å²) in [6, 6.07) is 1.04. The highest BCUT2D eigenvalue weighted by Crippen LogP contribution is 2.12. The van der Waals surface area contributed by atoms with Crippen LogP contribution in [0.4, 0.5) is 0 Å². The van der Waals surface area contributed by atoms with Gasteiger partial charge in [-0.25, -0.2) is 0 Å². The smallest absolute Gasteiger partial charge is 0.335 e. The fraction of sp³-hybridized carbons (Fsp3) is 1.00. The predicted molar refractivity (Wildman–Crippen MR) is 71.0 cm³/mol. The molecule has 5 heteroatoms. The Hall–Kier alpha value is 0.314. The minimum absolute atomic E-state index is 0.823. The minimum atomic E-state index is -1.88. The van der Waals surface area contributed by atoms with Crippen molar-refractivity contribution >= 4 is 16.8 Å². The molecule has 0 fully saturated rings. The van der Waals surface area contributed by atoms with Crippen LogP contribution in [0.1, 0.15) is 13.3 Å². The van der Waals surface area contributed by atoms with Gasteiger partial charge in [0.2, 0.25) is 0 Å².